The number of fused-ring (bicyclic) bond motifs is 2. The van der Waals surface area contributed by atoms with E-state index in [-0.39, 0.29) is 6.42 Å². The highest BCUT2D eigenvalue weighted by Gasteiger charge is 2.24. The average Bonchev–Trinajstić information content (AvgIpc) is 2.92. The molecule has 2 aromatic carbocycles. The Hall–Kier alpha value is -4.20. The van der Waals surface area contributed by atoms with E-state index >= 15 is 0 Å². The van der Waals surface area contributed by atoms with E-state index in [1.54, 1.807) is 7.11 Å². The van der Waals surface area contributed by atoms with Crippen molar-refractivity contribution in [3.63, 3.8) is 0 Å². The van der Waals surface area contributed by atoms with Gasteiger partial charge in [-0.3, -0.25) is 0 Å². The summed E-state index contributed by atoms with van der Waals surface area (Å²) in [6.07, 6.45) is 0.531. The Morgan fingerprint density at radius 3 is 2.30 bits per heavy atom. The molecule has 4 rings (SSSR count). The van der Waals surface area contributed by atoms with Gasteiger partial charge in [0.05, 0.1) is 24.6 Å². The molecule has 0 saturated heterocycles. The Kier molecular flexibility index (Phi) is 8.57. The van der Waals surface area contributed by atoms with E-state index in [1.165, 1.54) is 0 Å². The highest BCUT2D eigenvalue weighted by molar-refractivity contribution is 6.05. The van der Waals surface area contributed by atoms with Crippen LogP contribution in [0.4, 0.5) is 17.1 Å². The highest BCUT2D eigenvalue weighted by atomic mass is 16.5. The van der Waals surface area contributed by atoms with Gasteiger partial charge in [0.15, 0.2) is 0 Å². The van der Waals surface area contributed by atoms with Crippen LogP contribution in [0.2, 0.25) is 0 Å². The Morgan fingerprint density at radius 1 is 0.950 bits per heavy atom. The number of hydrogen-bond donors (Lipinski definition) is 0. The van der Waals surface area contributed by atoms with Gasteiger partial charge in [0, 0.05) is 93.2 Å². The van der Waals surface area contributed by atoms with Gasteiger partial charge in [0.1, 0.15) is 31.2 Å². The molecule has 8 nitrogen and oxygen atoms in total. The molecule has 8 heteroatoms. The molecule has 40 heavy (non-hydrogen) atoms. The number of ether oxygens (including phenoxy) is 1. The van der Waals surface area contributed by atoms with Crippen molar-refractivity contribution in [3.8, 4) is 28.2 Å². The van der Waals surface area contributed by atoms with Crippen molar-refractivity contribution in [3.05, 3.63) is 53.9 Å². The molecule has 1 aliphatic heterocycles. The van der Waals surface area contributed by atoms with Crippen LogP contribution in [-0.4, -0.2) is 68.5 Å². The molecule has 0 spiro atoms. The molecule has 0 bridgehead atoms. The fourth-order valence-electron chi connectivity index (χ4n) is 5.11. The van der Waals surface area contributed by atoms with Gasteiger partial charge < -0.3 is 33.8 Å². The number of methoxy groups -OCH3 is 1. The first-order chi connectivity index (χ1) is 19.0. The smallest absolute Gasteiger partial charge is 0.203 e. The van der Waals surface area contributed by atoms with E-state index in [1.807, 2.05) is 42.3 Å². The minimum absolute atomic E-state index is 0.0262. The van der Waals surface area contributed by atoms with Gasteiger partial charge in [-0.2, -0.15) is 0 Å². The van der Waals surface area contributed by atoms with Gasteiger partial charge in [-0.05, 0) is 44.0 Å². The molecule has 0 unspecified atom stereocenters. The van der Waals surface area contributed by atoms with Crippen molar-refractivity contribution < 1.29 is 19.1 Å². The van der Waals surface area contributed by atoms with Crippen LogP contribution in [0.5, 0.6) is 5.75 Å². The first-order valence-corrected chi connectivity index (χ1v) is 13.6. The number of carboxylic acids is 1. The van der Waals surface area contributed by atoms with E-state index in [0.717, 1.165) is 68.1 Å². The number of anilines is 3. The normalized spacial score (nSPS) is 11.1. The van der Waals surface area contributed by atoms with Gasteiger partial charge in [-0.1, -0.05) is 0 Å². The van der Waals surface area contributed by atoms with Crippen molar-refractivity contribution in [2.24, 2.45) is 0 Å². The summed E-state index contributed by atoms with van der Waals surface area (Å²) in [6, 6.07) is 16.8. The molecule has 1 heterocycles. The Balaban J connectivity index is 2.03. The van der Waals surface area contributed by atoms with Crippen molar-refractivity contribution in [2.75, 3.05) is 77.2 Å². The second-order valence-corrected chi connectivity index (χ2v) is 10.6. The van der Waals surface area contributed by atoms with E-state index in [4.69, 9.17) is 9.15 Å². The molecule has 0 atom stereocenters. The lowest BCUT2D eigenvalue weighted by molar-refractivity contribution is -0.305. The van der Waals surface area contributed by atoms with Gasteiger partial charge in [-0.25, -0.2) is 4.58 Å². The van der Waals surface area contributed by atoms with Gasteiger partial charge >= 0.3 is 0 Å². The lowest BCUT2D eigenvalue weighted by atomic mass is 9.92. The first kappa shape index (κ1) is 28.8. The van der Waals surface area contributed by atoms with Crippen LogP contribution in [0.1, 0.15) is 19.8 Å². The molecule has 1 aliphatic carbocycles. The summed E-state index contributed by atoms with van der Waals surface area (Å²) in [7, 11) is 13.8. The third-order valence-electron chi connectivity index (χ3n) is 7.30. The predicted molar refractivity (Wildman–Crippen MR) is 163 cm³/mol. The maximum atomic E-state index is 11.0. The minimum atomic E-state index is -1.03. The summed E-state index contributed by atoms with van der Waals surface area (Å²) in [5.41, 5.74) is 6.85. The molecule has 0 amide bonds. The van der Waals surface area contributed by atoms with E-state index in [9.17, 15) is 9.90 Å². The van der Waals surface area contributed by atoms with Crippen LogP contribution >= 0.6 is 0 Å². The molecule has 0 fully saturated rings. The molecule has 0 N–H and O–H groups in total. The second-order valence-electron chi connectivity index (χ2n) is 10.6. The zero-order valence-electron chi connectivity index (χ0n) is 24.9. The SMILES string of the molecule is CCN(CCCC(=O)[O-])c1cc(OC)c(-c2c3ccc(=[N+](C)C)cc-3oc3cc(N(C)C)ccc23)cc1N(C)C. The van der Waals surface area contributed by atoms with Gasteiger partial charge in [0.2, 0.25) is 5.36 Å². The van der Waals surface area contributed by atoms with Crippen LogP contribution in [0.3, 0.4) is 0 Å². The van der Waals surface area contributed by atoms with E-state index in [2.05, 4.69) is 74.7 Å². The van der Waals surface area contributed by atoms with Crippen LogP contribution < -0.4 is 34.5 Å². The molecular weight excluding hydrogens is 504 g/mol. The summed E-state index contributed by atoms with van der Waals surface area (Å²) in [4.78, 5) is 17.4. The number of rotatable bonds is 10. The summed E-state index contributed by atoms with van der Waals surface area (Å²) in [6.45, 7) is 3.40. The molecule has 0 radical (unpaired) electrons. The number of aliphatic carboxylic acids is 1. The van der Waals surface area contributed by atoms with Crippen molar-refractivity contribution in [1.82, 2.24) is 4.58 Å². The van der Waals surface area contributed by atoms with Crippen molar-refractivity contribution >= 4 is 34.0 Å². The maximum absolute atomic E-state index is 11.0. The monoisotopic (exact) mass is 544 g/mol. The third kappa shape index (κ3) is 5.71. The number of carboxylic acid groups (broad SMARTS) is 1. The summed E-state index contributed by atoms with van der Waals surface area (Å²) >= 11 is 0. The molecule has 2 aromatic rings. The molecule has 0 saturated carbocycles. The predicted octanol–water partition coefficient (Wildman–Crippen LogP) is 3.73. The van der Waals surface area contributed by atoms with Crippen molar-refractivity contribution in [1.29, 1.82) is 0 Å². The van der Waals surface area contributed by atoms with Crippen LogP contribution in [0.25, 0.3) is 33.4 Å². The molecule has 2 aliphatic rings. The van der Waals surface area contributed by atoms with Crippen LogP contribution in [-0.2, 0) is 4.79 Å². The summed E-state index contributed by atoms with van der Waals surface area (Å²) < 4.78 is 14.6. The number of benzene rings is 3. The molecule has 0 aromatic heterocycles. The quantitative estimate of drug-likeness (QED) is 0.222. The minimum Gasteiger partial charge on any atom is -0.550 e. The molecule has 212 valence electrons. The second kappa shape index (κ2) is 11.9. The Bertz CT molecular complexity index is 1570. The fraction of sp³-hybridized carbons (Fsp3) is 0.375. The maximum Gasteiger partial charge on any atom is 0.203 e. The van der Waals surface area contributed by atoms with Crippen LogP contribution in [0.15, 0.2) is 52.9 Å². The number of carbonyl (C=O) groups excluding carboxylic acids is 1. The average molecular weight is 545 g/mol. The lowest BCUT2D eigenvalue weighted by Crippen LogP contribution is -2.29. The van der Waals surface area contributed by atoms with E-state index in [0.29, 0.717) is 13.0 Å². The fourth-order valence-corrected chi connectivity index (χ4v) is 5.11. The van der Waals surface area contributed by atoms with Crippen molar-refractivity contribution in [2.45, 2.75) is 19.8 Å². The zero-order chi connectivity index (χ0) is 29.1. The Morgan fingerprint density at radius 2 is 1.70 bits per heavy atom. The van der Waals surface area contributed by atoms with Crippen LogP contribution in [0, 0.1) is 0 Å². The largest absolute Gasteiger partial charge is 0.550 e. The topological polar surface area (TPSA) is 75.2 Å². The number of nitrogens with zero attached hydrogens (tertiary/aromatic N) is 4. The van der Waals surface area contributed by atoms with E-state index < -0.39 is 5.97 Å². The zero-order valence-corrected chi connectivity index (χ0v) is 24.9. The summed E-state index contributed by atoms with van der Waals surface area (Å²) in [5, 5.41) is 13.1. The Labute approximate surface area is 236 Å². The van der Waals surface area contributed by atoms with Gasteiger partial charge in [-0.15, -0.1) is 0 Å². The number of hydrogen-bond acceptors (Lipinski definition) is 7. The lowest BCUT2D eigenvalue weighted by Gasteiger charge is -2.30. The summed E-state index contributed by atoms with van der Waals surface area (Å²) in [5.74, 6) is 0.501. The highest BCUT2D eigenvalue weighted by Crippen LogP contribution is 2.47. The third-order valence-corrected chi connectivity index (χ3v) is 7.30. The number of carbonyl (C=O) groups is 1. The standard InChI is InChI=1S/C32H40N4O4/c1-9-36(16-10-11-31(37)38)27-20-28(39-8)25(19-26(27)35(6)7)32-23-14-12-21(33(2)3)17-29(23)40-30-18-22(34(4)5)13-15-24(30)32/h12-15,17-20H,9-11,16H2,1-8H3. The molecular formula is C32H40N4O4. The first-order valence-electron chi connectivity index (χ1n) is 13.6. The van der Waals surface area contributed by atoms with Gasteiger partial charge in [0.25, 0.3) is 0 Å².